The van der Waals surface area contributed by atoms with E-state index < -0.39 is 0 Å². The molecule has 0 saturated heterocycles. The number of pyridine rings is 1. The number of nitrogens with one attached hydrogen (secondary N) is 2. The van der Waals surface area contributed by atoms with Gasteiger partial charge in [0, 0.05) is 29.3 Å². The van der Waals surface area contributed by atoms with Crippen molar-refractivity contribution in [1.29, 1.82) is 0 Å². The van der Waals surface area contributed by atoms with E-state index in [0.29, 0.717) is 24.0 Å². The second-order valence-corrected chi connectivity index (χ2v) is 9.62. The SMILES string of the molecule is CC1CC=CC=C1Nc1nccc(-c2c(-c3cccc(NC(=O)Cc4ccccc4)c3)nn3ccccc23)n1. The highest BCUT2D eigenvalue weighted by molar-refractivity contribution is 5.95. The van der Waals surface area contributed by atoms with E-state index >= 15 is 0 Å². The van der Waals surface area contributed by atoms with E-state index in [-0.39, 0.29) is 5.91 Å². The van der Waals surface area contributed by atoms with E-state index in [2.05, 4.69) is 40.8 Å². The normalized spacial score (nSPS) is 14.7. The van der Waals surface area contributed by atoms with Crippen LogP contribution in [-0.4, -0.2) is 25.5 Å². The lowest BCUT2D eigenvalue weighted by molar-refractivity contribution is -0.115. The van der Waals surface area contributed by atoms with Gasteiger partial charge in [-0.05, 0) is 54.3 Å². The molecule has 3 heterocycles. The molecule has 192 valence electrons. The molecule has 0 bridgehead atoms. The lowest BCUT2D eigenvalue weighted by Gasteiger charge is -2.18. The smallest absolute Gasteiger partial charge is 0.228 e. The molecule has 1 unspecified atom stereocenters. The fourth-order valence-corrected chi connectivity index (χ4v) is 4.78. The number of rotatable bonds is 7. The quantitative estimate of drug-likeness (QED) is 0.259. The minimum atomic E-state index is -0.0683. The van der Waals surface area contributed by atoms with Crippen molar-refractivity contribution in [3.63, 3.8) is 0 Å². The second-order valence-electron chi connectivity index (χ2n) is 9.62. The van der Waals surface area contributed by atoms with Crippen LogP contribution in [0.4, 0.5) is 11.6 Å². The Hall–Kier alpha value is -5.04. The van der Waals surface area contributed by atoms with Crippen LogP contribution in [0.15, 0.2) is 115 Å². The summed E-state index contributed by atoms with van der Waals surface area (Å²) in [5.74, 6) is 0.847. The van der Waals surface area contributed by atoms with Crippen LogP contribution in [-0.2, 0) is 11.2 Å². The second kappa shape index (κ2) is 10.8. The summed E-state index contributed by atoms with van der Waals surface area (Å²) in [6.07, 6.45) is 11.3. The van der Waals surface area contributed by atoms with Gasteiger partial charge in [-0.2, -0.15) is 5.10 Å². The van der Waals surface area contributed by atoms with Gasteiger partial charge in [-0.15, -0.1) is 0 Å². The van der Waals surface area contributed by atoms with Crippen molar-refractivity contribution in [3.05, 3.63) is 121 Å². The van der Waals surface area contributed by atoms with Gasteiger partial charge in [-0.1, -0.05) is 67.6 Å². The fraction of sp³-hybridized carbons (Fsp3) is 0.125. The molecule has 2 N–H and O–H groups in total. The number of hydrogen-bond donors (Lipinski definition) is 2. The number of carbonyl (C=O) groups excluding carboxylic acids is 1. The van der Waals surface area contributed by atoms with Crippen LogP contribution in [0.2, 0.25) is 0 Å². The minimum absolute atomic E-state index is 0.0683. The first-order chi connectivity index (χ1) is 19.1. The molecular formula is C32H28N6O. The number of carbonyl (C=O) groups is 1. The summed E-state index contributed by atoms with van der Waals surface area (Å²) < 4.78 is 1.86. The van der Waals surface area contributed by atoms with E-state index in [1.165, 1.54) is 0 Å². The van der Waals surface area contributed by atoms with Crippen molar-refractivity contribution in [1.82, 2.24) is 19.6 Å². The molecule has 1 aliphatic carbocycles. The number of allylic oxidation sites excluding steroid dienone is 4. The van der Waals surface area contributed by atoms with Crippen molar-refractivity contribution < 1.29 is 4.79 Å². The molecule has 0 saturated carbocycles. The first-order valence-electron chi connectivity index (χ1n) is 13.0. The van der Waals surface area contributed by atoms with Crippen LogP contribution < -0.4 is 10.6 Å². The third-order valence-corrected chi connectivity index (χ3v) is 6.77. The topological polar surface area (TPSA) is 84.2 Å². The summed E-state index contributed by atoms with van der Waals surface area (Å²) in [7, 11) is 0. The number of nitrogens with zero attached hydrogens (tertiary/aromatic N) is 4. The van der Waals surface area contributed by atoms with Gasteiger partial charge in [0.15, 0.2) is 0 Å². The number of fused-ring (bicyclic) bond motifs is 1. The third kappa shape index (κ3) is 5.33. The van der Waals surface area contributed by atoms with E-state index in [0.717, 1.165) is 45.7 Å². The summed E-state index contributed by atoms with van der Waals surface area (Å²) in [6.45, 7) is 2.18. The Morgan fingerprint density at radius 1 is 1.03 bits per heavy atom. The van der Waals surface area contributed by atoms with Gasteiger partial charge < -0.3 is 10.6 Å². The van der Waals surface area contributed by atoms with E-state index in [4.69, 9.17) is 10.1 Å². The zero-order valence-corrected chi connectivity index (χ0v) is 21.6. The van der Waals surface area contributed by atoms with Crippen LogP contribution in [0.1, 0.15) is 18.9 Å². The number of aromatic nitrogens is 4. The number of benzene rings is 2. The minimum Gasteiger partial charge on any atom is -0.328 e. The molecule has 0 radical (unpaired) electrons. The monoisotopic (exact) mass is 512 g/mol. The van der Waals surface area contributed by atoms with Gasteiger partial charge in [0.05, 0.1) is 23.2 Å². The van der Waals surface area contributed by atoms with E-state index in [9.17, 15) is 4.79 Å². The molecule has 0 spiro atoms. The number of anilines is 2. The first kappa shape index (κ1) is 24.3. The van der Waals surface area contributed by atoms with Gasteiger partial charge in [0.25, 0.3) is 0 Å². The highest BCUT2D eigenvalue weighted by atomic mass is 16.1. The lowest BCUT2D eigenvalue weighted by atomic mass is 9.99. The predicted molar refractivity (Wildman–Crippen MR) is 155 cm³/mol. The summed E-state index contributed by atoms with van der Waals surface area (Å²) >= 11 is 0. The summed E-state index contributed by atoms with van der Waals surface area (Å²) in [5.41, 5.74) is 7.04. The van der Waals surface area contributed by atoms with Gasteiger partial charge in [-0.25, -0.2) is 14.5 Å². The average molecular weight is 513 g/mol. The van der Waals surface area contributed by atoms with Gasteiger partial charge >= 0.3 is 0 Å². The zero-order chi connectivity index (χ0) is 26.6. The average Bonchev–Trinajstić information content (AvgIpc) is 3.35. The lowest BCUT2D eigenvalue weighted by Crippen LogP contribution is -2.14. The van der Waals surface area contributed by atoms with Crippen molar-refractivity contribution >= 4 is 23.1 Å². The maximum absolute atomic E-state index is 12.7. The van der Waals surface area contributed by atoms with E-state index in [1.54, 1.807) is 6.20 Å². The standard InChI is InChI=1S/C32H28N6O/c1-22-10-5-6-15-26(22)35-32-33-18-17-27(36-32)30-28-16-7-8-19-38(28)37-31(30)24-13-9-14-25(21-24)34-29(39)20-23-11-3-2-4-12-23/h2-9,11-19,21-22H,10,20H2,1H3,(H,34,39)(H,33,35,36). The van der Waals surface area contributed by atoms with E-state index in [1.807, 2.05) is 89.6 Å². The first-order valence-corrected chi connectivity index (χ1v) is 13.0. The summed E-state index contributed by atoms with van der Waals surface area (Å²) in [5, 5.41) is 11.3. The van der Waals surface area contributed by atoms with Crippen LogP contribution in [0.25, 0.3) is 28.0 Å². The van der Waals surface area contributed by atoms with Crippen LogP contribution in [0.3, 0.4) is 0 Å². The van der Waals surface area contributed by atoms with Crippen LogP contribution in [0.5, 0.6) is 0 Å². The highest BCUT2D eigenvalue weighted by Crippen LogP contribution is 2.35. The van der Waals surface area contributed by atoms with Crippen LogP contribution >= 0.6 is 0 Å². The molecule has 2 aromatic carbocycles. The third-order valence-electron chi connectivity index (χ3n) is 6.77. The Kier molecular flexibility index (Phi) is 6.70. The Morgan fingerprint density at radius 2 is 1.90 bits per heavy atom. The fourth-order valence-electron chi connectivity index (χ4n) is 4.78. The Morgan fingerprint density at radius 3 is 2.77 bits per heavy atom. The number of amides is 1. The molecule has 7 heteroatoms. The molecule has 1 atom stereocenters. The molecule has 1 aliphatic rings. The Bertz CT molecular complexity index is 1700. The largest absolute Gasteiger partial charge is 0.328 e. The Balaban J connectivity index is 1.34. The van der Waals surface area contributed by atoms with Crippen molar-refractivity contribution in [2.45, 2.75) is 19.8 Å². The predicted octanol–water partition coefficient (Wildman–Crippen LogP) is 6.53. The van der Waals surface area contributed by atoms with Crippen molar-refractivity contribution in [3.8, 4) is 22.5 Å². The summed E-state index contributed by atoms with van der Waals surface area (Å²) in [4.78, 5) is 22.1. The zero-order valence-electron chi connectivity index (χ0n) is 21.6. The summed E-state index contributed by atoms with van der Waals surface area (Å²) in [6, 6.07) is 25.4. The molecule has 0 aliphatic heterocycles. The molecule has 7 nitrogen and oxygen atoms in total. The molecule has 5 aromatic rings. The van der Waals surface area contributed by atoms with Crippen LogP contribution in [0, 0.1) is 5.92 Å². The highest BCUT2D eigenvalue weighted by Gasteiger charge is 2.19. The molecule has 0 fully saturated rings. The number of hydrogen-bond acceptors (Lipinski definition) is 5. The molecule has 6 rings (SSSR count). The van der Waals surface area contributed by atoms with Gasteiger partial charge in [-0.3, -0.25) is 4.79 Å². The Labute approximate surface area is 227 Å². The molecule has 1 amide bonds. The molecule has 39 heavy (non-hydrogen) atoms. The van der Waals surface area contributed by atoms with Gasteiger partial charge in [0.2, 0.25) is 11.9 Å². The maximum Gasteiger partial charge on any atom is 0.228 e. The molecular weight excluding hydrogens is 484 g/mol. The van der Waals surface area contributed by atoms with Gasteiger partial charge in [0.1, 0.15) is 5.69 Å². The van der Waals surface area contributed by atoms with Crippen molar-refractivity contribution in [2.24, 2.45) is 5.92 Å². The maximum atomic E-state index is 12.7. The van der Waals surface area contributed by atoms with Crippen molar-refractivity contribution in [2.75, 3.05) is 10.6 Å². The molecule has 3 aromatic heterocycles.